The van der Waals surface area contributed by atoms with E-state index in [4.69, 9.17) is 0 Å². The van der Waals surface area contributed by atoms with Gasteiger partial charge in [0.15, 0.2) is 0 Å². The monoisotopic (exact) mass is 230 g/mol. The van der Waals surface area contributed by atoms with Crippen LogP contribution >= 0.6 is 0 Å². The molecule has 0 saturated heterocycles. The average molecular weight is 230 g/mol. The number of benzene rings is 2. The maximum atomic E-state index is 13.2. The molecule has 17 heavy (non-hydrogen) atoms. The van der Waals surface area contributed by atoms with E-state index in [1.165, 1.54) is 6.07 Å². The minimum absolute atomic E-state index is 0.245. The summed E-state index contributed by atoms with van der Waals surface area (Å²) in [5.41, 5.74) is 3.16. The molecule has 0 aromatic heterocycles. The van der Waals surface area contributed by atoms with Crippen molar-refractivity contribution in [3.05, 3.63) is 70.5 Å². The zero-order valence-electron chi connectivity index (χ0n) is 9.94. The first kappa shape index (κ1) is 11.8. The molecule has 0 aliphatic rings. The van der Waals surface area contributed by atoms with Crippen molar-refractivity contribution in [1.29, 1.82) is 0 Å². The van der Waals surface area contributed by atoms with Crippen molar-refractivity contribution in [2.45, 2.75) is 20.0 Å². The standard InChI is InChI=1S/C15H15FO/c1-10-5-3-4-6-13(10)15(17)12-7-8-14(16)11(2)9-12/h3-9,15,17H,1-2H3. The molecule has 0 amide bonds. The van der Waals surface area contributed by atoms with Crippen molar-refractivity contribution in [2.24, 2.45) is 0 Å². The second-order valence-electron chi connectivity index (χ2n) is 4.27. The fraction of sp³-hybridized carbons (Fsp3) is 0.200. The van der Waals surface area contributed by atoms with Crippen LogP contribution in [0.3, 0.4) is 0 Å². The zero-order valence-corrected chi connectivity index (χ0v) is 9.94. The molecular weight excluding hydrogens is 215 g/mol. The van der Waals surface area contributed by atoms with E-state index in [0.29, 0.717) is 5.56 Å². The van der Waals surface area contributed by atoms with Crippen molar-refractivity contribution in [3.8, 4) is 0 Å². The lowest BCUT2D eigenvalue weighted by molar-refractivity contribution is 0.219. The second kappa shape index (κ2) is 4.68. The first-order valence-corrected chi connectivity index (χ1v) is 5.59. The number of halogens is 1. The van der Waals surface area contributed by atoms with E-state index in [-0.39, 0.29) is 5.82 Å². The molecule has 2 aromatic rings. The zero-order chi connectivity index (χ0) is 12.4. The van der Waals surface area contributed by atoms with Crippen LogP contribution in [-0.2, 0) is 0 Å². The summed E-state index contributed by atoms with van der Waals surface area (Å²) in [6.07, 6.45) is -0.699. The third-order valence-electron chi connectivity index (χ3n) is 2.98. The molecule has 1 N–H and O–H groups in total. The molecule has 1 atom stereocenters. The smallest absolute Gasteiger partial charge is 0.126 e. The van der Waals surface area contributed by atoms with Crippen LogP contribution < -0.4 is 0 Å². The first-order valence-electron chi connectivity index (χ1n) is 5.59. The average Bonchev–Trinajstić information content (AvgIpc) is 2.32. The van der Waals surface area contributed by atoms with Crippen molar-refractivity contribution in [2.75, 3.05) is 0 Å². The van der Waals surface area contributed by atoms with Crippen LogP contribution in [0.4, 0.5) is 4.39 Å². The molecule has 0 spiro atoms. The largest absolute Gasteiger partial charge is 0.384 e. The van der Waals surface area contributed by atoms with Gasteiger partial charge in [0.05, 0.1) is 0 Å². The van der Waals surface area contributed by atoms with Gasteiger partial charge in [0.1, 0.15) is 11.9 Å². The van der Waals surface area contributed by atoms with Gasteiger partial charge >= 0.3 is 0 Å². The molecular formula is C15H15FO. The number of aryl methyl sites for hydroxylation is 2. The van der Waals surface area contributed by atoms with Gasteiger partial charge in [-0.2, -0.15) is 0 Å². The molecule has 0 saturated carbocycles. The van der Waals surface area contributed by atoms with Gasteiger partial charge in [-0.25, -0.2) is 4.39 Å². The first-order chi connectivity index (χ1) is 8.09. The molecule has 0 aliphatic carbocycles. The predicted octanol–water partition coefficient (Wildman–Crippen LogP) is 3.52. The van der Waals surface area contributed by atoms with Crippen molar-refractivity contribution in [3.63, 3.8) is 0 Å². The van der Waals surface area contributed by atoms with E-state index in [1.54, 1.807) is 19.1 Å². The molecule has 1 nitrogen and oxygen atoms in total. The van der Waals surface area contributed by atoms with E-state index in [0.717, 1.165) is 16.7 Å². The lowest BCUT2D eigenvalue weighted by Gasteiger charge is -2.14. The van der Waals surface area contributed by atoms with Crippen LogP contribution in [0.2, 0.25) is 0 Å². The van der Waals surface area contributed by atoms with Crippen LogP contribution in [0.5, 0.6) is 0 Å². The van der Waals surface area contributed by atoms with Gasteiger partial charge in [0.25, 0.3) is 0 Å². The number of hydrogen-bond donors (Lipinski definition) is 1. The summed E-state index contributed by atoms with van der Waals surface area (Å²) >= 11 is 0. The quantitative estimate of drug-likeness (QED) is 0.836. The Labute approximate surface area is 101 Å². The van der Waals surface area contributed by atoms with E-state index in [1.807, 2.05) is 31.2 Å². The summed E-state index contributed by atoms with van der Waals surface area (Å²) in [5, 5.41) is 10.3. The van der Waals surface area contributed by atoms with E-state index in [9.17, 15) is 9.50 Å². The highest BCUT2D eigenvalue weighted by atomic mass is 19.1. The molecule has 2 heteroatoms. The van der Waals surface area contributed by atoms with Crippen molar-refractivity contribution >= 4 is 0 Å². The highest BCUT2D eigenvalue weighted by Gasteiger charge is 2.13. The van der Waals surface area contributed by atoms with Crippen LogP contribution in [0, 0.1) is 19.7 Å². The summed E-state index contributed by atoms with van der Waals surface area (Å²) in [4.78, 5) is 0. The normalized spacial score (nSPS) is 12.5. The molecule has 0 heterocycles. The van der Waals surface area contributed by atoms with Gasteiger partial charge in [-0.3, -0.25) is 0 Å². The van der Waals surface area contributed by atoms with Crippen LogP contribution in [0.25, 0.3) is 0 Å². The summed E-state index contributed by atoms with van der Waals surface area (Å²) in [6, 6.07) is 12.4. The summed E-state index contributed by atoms with van der Waals surface area (Å²) < 4.78 is 13.2. The van der Waals surface area contributed by atoms with Crippen LogP contribution in [0.1, 0.15) is 28.4 Å². The van der Waals surface area contributed by atoms with E-state index >= 15 is 0 Å². The summed E-state index contributed by atoms with van der Waals surface area (Å²) in [7, 11) is 0. The van der Waals surface area contributed by atoms with Gasteiger partial charge in [-0.1, -0.05) is 36.4 Å². The van der Waals surface area contributed by atoms with Crippen molar-refractivity contribution < 1.29 is 9.50 Å². The maximum absolute atomic E-state index is 13.2. The lowest BCUT2D eigenvalue weighted by atomic mass is 9.96. The minimum Gasteiger partial charge on any atom is -0.384 e. The molecule has 1 unspecified atom stereocenters. The third-order valence-corrected chi connectivity index (χ3v) is 2.98. The van der Waals surface area contributed by atoms with Gasteiger partial charge < -0.3 is 5.11 Å². The number of aliphatic hydroxyl groups excluding tert-OH is 1. The van der Waals surface area contributed by atoms with Gasteiger partial charge in [-0.05, 0) is 42.2 Å². The third kappa shape index (κ3) is 2.37. The highest BCUT2D eigenvalue weighted by Crippen LogP contribution is 2.25. The molecule has 0 fully saturated rings. The fourth-order valence-corrected chi connectivity index (χ4v) is 1.91. The Morgan fingerprint density at radius 2 is 1.71 bits per heavy atom. The van der Waals surface area contributed by atoms with Crippen molar-refractivity contribution in [1.82, 2.24) is 0 Å². The second-order valence-corrected chi connectivity index (χ2v) is 4.27. The predicted molar refractivity (Wildman–Crippen MR) is 66.4 cm³/mol. The number of hydrogen-bond acceptors (Lipinski definition) is 1. The molecule has 2 rings (SSSR count). The van der Waals surface area contributed by atoms with Gasteiger partial charge in [-0.15, -0.1) is 0 Å². The fourth-order valence-electron chi connectivity index (χ4n) is 1.91. The Hall–Kier alpha value is -1.67. The Morgan fingerprint density at radius 3 is 2.35 bits per heavy atom. The molecule has 0 bridgehead atoms. The molecule has 0 aliphatic heterocycles. The number of rotatable bonds is 2. The SMILES string of the molecule is Cc1cc(C(O)c2ccccc2C)ccc1F. The van der Waals surface area contributed by atoms with Gasteiger partial charge in [0, 0.05) is 0 Å². The Morgan fingerprint density at radius 1 is 1.00 bits per heavy atom. The molecule has 88 valence electrons. The Kier molecular flexibility index (Phi) is 3.25. The topological polar surface area (TPSA) is 20.2 Å². The molecule has 0 radical (unpaired) electrons. The molecule has 2 aromatic carbocycles. The minimum atomic E-state index is -0.699. The van der Waals surface area contributed by atoms with Gasteiger partial charge in [0.2, 0.25) is 0 Å². The number of aliphatic hydroxyl groups is 1. The Bertz CT molecular complexity index is 534. The van der Waals surface area contributed by atoms with E-state index < -0.39 is 6.10 Å². The Balaban J connectivity index is 2.40. The summed E-state index contributed by atoms with van der Waals surface area (Å²) in [5.74, 6) is -0.245. The van der Waals surface area contributed by atoms with Crippen LogP contribution in [-0.4, -0.2) is 5.11 Å². The van der Waals surface area contributed by atoms with E-state index in [2.05, 4.69) is 0 Å². The summed E-state index contributed by atoms with van der Waals surface area (Å²) in [6.45, 7) is 3.65. The maximum Gasteiger partial charge on any atom is 0.126 e. The highest BCUT2D eigenvalue weighted by molar-refractivity contribution is 5.36. The van der Waals surface area contributed by atoms with Crippen LogP contribution in [0.15, 0.2) is 42.5 Å². The lowest BCUT2D eigenvalue weighted by Crippen LogP contribution is -2.02.